The van der Waals surface area contributed by atoms with E-state index >= 15 is 0 Å². The molecule has 34 heavy (non-hydrogen) atoms. The molecule has 178 valence electrons. The Morgan fingerprint density at radius 1 is 1.21 bits per heavy atom. The Labute approximate surface area is 191 Å². The van der Waals surface area contributed by atoms with E-state index in [9.17, 15) is 26.7 Å². The van der Waals surface area contributed by atoms with Crippen molar-refractivity contribution in [3.05, 3.63) is 89.5 Å². The fraction of sp³-hybridized carbons (Fsp3) is 0.261. The maximum Gasteiger partial charge on any atom is 0.416 e. The first-order valence-electron chi connectivity index (χ1n) is 10.2. The van der Waals surface area contributed by atoms with Gasteiger partial charge in [0.2, 0.25) is 5.91 Å². The topological polar surface area (TPSA) is 60.2 Å². The molecular weight excluding hydrogens is 459 g/mol. The van der Waals surface area contributed by atoms with Crippen LogP contribution in [0, 0.1) is 11.6 Å². The molecule has 0 aliphatic carbocycles. The number of hydrogen-bond acceptors (Lipinski definition) is 4. The number of amides is 1. The van der Waals surface area contributed by atoms with Gasteiger partial charge < -0.3 is 9.64 Å². The molecular formula is C23H19F5N4O2. The van der Waals surface area contributed by atoms with E-state index in [4.69, 9.17) is 4.74 Å². The van der Waals surface area contributed by atoms with Crippen LogP contribution in [0.1, 0.15) is 23.6 Å². The van der Waals surface area contributed by atoms with Gasteiger partial charge in [-0.3, -0.25) is 4.79 Å². The minimum absolute atomic E-state index is 0.00309. The van der Waals surface area contributed by atoms with Crippen LogP contribution >= 0.6 is 0 Å². The summed E-state index contributed by atoms with van der Waals surface area (Å²) in [6.45, 7) is 1.47. The summed E-state index contributed by atoms with van der Waals surface area (Å²) in [5.41, 5.74) is -1.73. The highest BCUT2D eigenvalue weighted by molar-refractivity contribution is 5.92. The third-order valence-corrected chi connectivity index (χ3v) is 5.79. The van der Waals surface area contributed by atoms with Crippen LogP contribution in [0.25, 0.3) is 6.08 Å². The highest BCUT2D eigenvalue weighted by Gasteiger charge is 2.51. The fourth-order valence-corrected chi connectivity index (χ4v) is 3.92. The Kier molecular flexibility index (Phi) is 6.22. The average molecular weight is 478 g/mol. The number of hydrogen-bond donors (Lipinski definition) is 0. The summed E-state index contributed by atoms with van der Waals surface area (Å²) in [4.78, 5) is 18.1. The molecule has 0 bridgehead atoms. The summed E-state index contributed by atoms with van der Waals surface area (Å²) >= 11 is 0. The maximum absolute atomic E-state index is 14.8. The first-order valence-corrected chi connectivity index (χ1v) is 10.2. The van der Waals surface area contributed by atoms with Gasteiger partial charge in [-0.15, -0.1) is 0 Å². The van der Waals surface area contributed by atoms with E-state index in [0.717, 1.165) is 24.3 Å². The normalized spacial score (nSPS) is 20.9. The lowest BCUT2D eigenvalue weighted by atomic mass is 9.86. The van der Waals surface area contributed by atoms with Gasteiger partial charge in [0, 0.05) is 17.7 Å². The second-order valence-electron chi connectivity index (χ2n) is 7.82. The highest BCUT2D eigenvalue weighted by atomic mass is 19.4. The van der Waals surface area contributed by atoms with Gasteiger partial charge in [0.25, 0.3) is 0 Å². The highest BCUT2D eigenvalue weighted by Crippen LogP contribution is 2.41. The number of carbonyl (C=O) groups is 1. The van der Waals surface area contributed by atoms with Crippen molar-refractivity contribution in [3.63, 3.8) is 0 Å². The van der Waals surface area contributed by atoms with E-state index in [-0.39, 0.29) is 18.8 Å². The molecule has 1 amide bonds. The van der Waals surface area contributed by atoms with Gasteiger partial charge in [0.1, 0.15) is 36.6 Å². The number of ether oxygens (including phenoxy) is 1. The van der Waals surface area contributed by atoms with Crippen molar-refractivity contribution in [2.45, 2.75) is 31.3 Å². The molecule has 1 fully saturated rings. The van der Waals surface area contributed by atoms with Gasteiger partial charge in [-0.2, -0.15) is 18.3 Å². The molecule has 0 saturated carbocycles. The summed E-state index contributed by atoms with van der Waals surface area (Å²) in [6, 6.07) is 6.75. The molecule has 1 aliphatic rings. The maximum atomic E-state index is 14.8. The first kappa shape index (κ1) is 23.6. The Bertz CT molecular complexity index is 1200. The molecule has 2 unspecified atom stereocenters. The van der Waals surface area contributed by atoms with Crippen molar-refractivity contribution < 1.29 is 31.5 Å². The van der Waals surface area contributed by atoms with Crippen LogP contribution in [0.5, 0.6) is 0 Å². The zero-order valence-corrected chi connectivity index (χ0v) is 17.8. The summed E-state index contributed by atoms with van der Waals surface area (Å²) in [5, 5.41) is 4.03. The minimum Gasteiger partial charge on any atom is -0.346 e. The van der Waals surface area contributed by atoms with E-state index in [1.807, 2.05) is 0 Å². The lowest BCUT2D eigenvalue weighted by molar-refractivity contribution is -0.137. The second-order valence-corrected chi connectivity index (χ2v) is 7.82. The van der Waals surface area contributed by atoms with Crippen LogP contribution in [0.4, 0.5) is 22.0 Å². The lowest BCUT2D eigenvalue weighted by Gasteiger charge is -2.34. The number of halogens is 5. The fourth-order valence-electron chi connectivity index (χ4n) is 3.92. The van der Waals surface area contributed by atoms with Gasteiger partial charge in [-0.25, -0.2) is 18.4 Å². The Morgan fingerprint density at radius 3 is 2.56 bits per heavy atom. The summed E-state index contributed by atoms with van der Waals surface area (Å²) in [6.07, 6.45) is 0.835. The van der Waals surface area contributed by atoms with Gasteiger partial charge in [0.05, 0.1) is 18.2 Å². The number of alkyl halides is 3. The SMILES string of the molecule is CC1N(C(=O)/C=C/c2ccc(C(F)(F)F)cc2)COC1(Cn1cncn1)c1ccc(F)cc1F. The molecule has 0 radical (unpaired) electrons. The molecule has 1 aromatic heterocycles. The molecule has 2 atom stereocenters. The monoisotopic (exact) mass is 478 g/mol. The zero-order valence-electron chi connectivity index (χ0n) is 17.8. The number of benzene rings is 2. The zero-order chi connectivity index (χ0) is 24.5. The van der Waals surface area contributed by atoms with E-state index in [2.05, 4.69) is 10.1 Å². The van der Waals surface area contributed by atoms with Crippen LogP contribution in [-0.4, -0.2) is 38.3 Å². The standard InChI is InChI=1S/C23H19F5N4O2/c1-15-22(11-31-13-29-12-30-31,19-8-7-18(24)10-20(19)25)34-14-32(15)21(33)9-4-16-2-5-17(6-3-16)23(26,27)28/h2-10,12-13,15H,11,14H2,1H3/b9-4+. The van der Waals surface area contributed by atoms with Gasteiger partial charge in [-0.1, -0.05) is 18.2 Å². The average Bonchev–Trinajstić information content (AvgIpc) is 3.40. The van der Waals surface area contributed by atoms with Crippen LogP contribution in [-0.2, 0) is 27.9 Å². The van der Waals surface area contributed by atoms with Crippen molar-refractivity contribution in [3.8, 4) is 0 Å². The Balaban J connectivity index is 1.59. The van der Waals surface area contributed by atoms with E-state index < -0.39 is 40.9 Å². The molecule has 6 nitrogen and oxygen atoms in total. The molecule has 1 saturated heterocycles. The predicted molar refractivity (Wildman–Crippen MR) is 111 cm³/mol. The molecule has 3 aromatic rings. The van der Waals surface area contributed by atoms with Crippen molar-refractivity contribution >= 4 is 12.0 Å². The molecule has 0 N–H and O–H groups in total. The van der Waals surface area contributed by atoms with E-state index in [1.54, 1.807) is 6.92 Å². The van der Waals surface area contributed by atoms with Crippen LogP contribution < -0.4 is 0 Å². The summed E-state index contributed by atoms with van der Waals surface area (Å²) in [7, 11) is 0. The van der Waals surface area contributed by atoms with E-state index in [1.165, 1.54) is 52.6 Å². The minimum atomic E-state index is -4.45. The molecule has 2 aromatic carbocycles. The summed E-state index contributed by atoms with van der Waals surface area (Å²) < 4.78 is 73.9. The number of carbonyl (C=O) groups excluding carboxylic acids is 1. The lowest BCUT2D eigenvalue weighted by Crippen LogP contribution is -2.46. The van der Waals surface area contributed by atoms with Crippen molar-refractivity contribution in [1.29, 1.82) is 0 Å². The van der Waals surface area contributed by atoms with Crippen molar-refractivity contribution in [1.82, 2.24) is 19.7 Å². The van der Waals surface area contributed by atoms with Crippen molar-refractivity contribution in [2.75, 3.05) is 6.73 Å². The number of nitrogens with zero attached hydrogens (tertiary/aromatic N) is 4. The third-order valence-electron chi connectivity index (χ3n) is 5.79. The molecule has 4 rings (SSSR count). The molecule has 11 heteroatoms. The van der Waals surface area contributed by atoms with Crippen LogP contribution in [0.15, 0.2) is 61.2 Å². The third kappa shape index (κ3) is 4.56. The van der Waals surface area contributed by atoms with Crippen LogP contribution in [0.3, 0.4) is 0 Å². The van der Waals surface area contributed by atoms with Gasteiger partial charge >= 0.3 is 6.18 Å². The molecule has 0 spiro atoms. The van der Waals surface area contributed by atoms with Crippen molar-refractivity contribution in [2.24, 2.45) is 0 Å². The van der Waals surface area contributed by atoms with E-state index in [0.29, 0.717) is 5.56 Å². The first-order chi connectivity index (χ1) is 16.1. The quantitative estimate of drug-likeness (QED) is 0.403. The van der Waals surface area contributed by atoms with Gasteiger partial charge in [0.15, 0.2) is 0 Å². The number of aromatic nitrogens is 3. The van der Waals surface area contributed by atoms with Crippen LogP contribution in [0.2, 0.25) is 0 Å². The number of rotatable bonds is 5. The molecule has 2 heterocycles. The Morgan fingerprint density at radius 2 is 1.94 bits per heavy atom. The van der Waals surface area contributed by atoms with Gasteiger partial charge in [-0.05, 0) is 36.8 Å². The smallest absolute Gasteiger partial charge is 0.346 e. The second kappa shape index (κ2) is 8.98. The predicted octanol–water partition coefficient (Wildman–Crippen LogP) is 4.39. The Hall–Kier alpha value is -3.60. The summed E-state index contributed by atoms with van der Waals surface area (Å²) in [5.74, 6) is -2.08. The molecule has 1 aliphatic heterocycles. The largest absolute Gasteiger partial charge is 0.416 e.